The Kier molecular flexibility index (Phi) is 8.51. The third-order valence-corrected chi connectivity index (χ3v) is 10.6. The maximum Gasteiger partial charge on any atom is 0.164 e. The lowest BCUT2D eigenvalue weighted by Crippen LogP contribution is -2.01. The van der Waals surface area contributed by atoms with Gasteiger partial charge in [-0.2, -0.15) is 0 Å². The zero-order chi connectivity index (χ0) is 37.3. The van der Waals surface area contributed by atoms with Gasteiger partial charge < -0.3 is 0 Å². The second kappa shape index (κ2) is 14.4. The Labute approximate surface area is 326 Å². The fourth-order valence-corrected chi connectivity index (χ4v) is 7.70. The molecular weight excluding hydrogens is 679 g/mol. The first-order valence-electron chi connectivity index (χ1n) is 18.9. The molecule has 0 aliphatic carbocycles. The molecule has 10 rings (SSSR count). The maximum absolute atomic E-state index is 5.28. The first-order chi connectivity index (χ1) is 27.7. The van der Waals surface area contributed by atoms with Crippen LogP contribution in [0.4, 0.5) is 0 Å². The highest BCUT2D eigenvalue weighted by Crippen LogP contribution is 2.40. The van der Waals surface area contributed by atoms with Crippen molar-refractivity contribution < 1.29 is 0 Å². The number of hydrogen-bond donors (Lipinski definition) is 0. The lowest BCUT2D eigenvalue weighted by atomic mass is 9.90. The van der Waals surface area contributed by atoms with E-state index in [1.165, 1.54) is 38.2 Å². The third-order valence-electron chi connectivity index (χ3n) is 10.6. The summed E-state index contributed by atoms with van der Waals surface area (Å²) in [5.74, 6) is 1.87. The van der Waals surface area contributed by atoms with E-state index >= 15 is 0 Å². The number of nitrogens with zero attached hydrogens (tertiary/aromatic N) is 3. The quantitative estimate of drug-likeness (QED) is 0.154. The summed E-state index contributed by atoms with van der Waals surface area (Å²) in [4.78, 5) is 15.7. The summed E-state index contributed by atoms with van der Waals surface area (Å²) >= 11 is 0. The van der Waals surface area contributed by atoms with Gasteiger partial charge in [0.2, 0.25) is 0 Å². The molecule has 0 radical (unpaired) electrons. The van der Waals surface area contributed by atoms with Gasteiger partial charge in [-0.25, -0.2) is 15.0 Å². The van der Waals surface area contributed by atoms with Gasteiger partial charge in [0.25, 0.3) is 0 Å². The van der Waals surface area contributed by atoms with Gasteiger partial charge in [-0.05, 0) is 78.2 Å². The SMILES string of the molecule is c1ccc(-c2ccc(-c3nc(-c4ccc(-c5ccccc5)cc4)nc(-c4cc(-c5cc6ccccc6c6ccccc56)ccc4-c4ccccc4)n3)cc2)cc1. The molecule has 0 fully saturated rings. The molecule has 0 unspecified atom stereocenters. The van der Waals surface area contributed by atoms with Crippen LogP contribution in [0.15, 0.2) is 212 Å². The second-order valence-corrected chi connectivity index (χ2v) is 14.0. The van der Waals surface area contributed by atoms with Crippen molar-refractivity contribution in [1.29, 1.82) is 0 Å². The molecule has 1 aromatic heterocycles. The number of fused-ring (bicyclic) bond motifs is 3. The standard InChI is InChI=1S/C53H35N3/c1-4-14-36(15-5-1)38-24-28-41(29-25-38)51-54-52(42-30-26-39(27-31-42)37-16-6-2-7-17-37)56-53(55-51)50-35-44(32-33-46(50)40-18-8-3-9-19-40)49-34-43-20-10-11-21-45(43)47-22-12-13-23-48(47)49/h1-35H. The van der Waals surface area contributed by atoms with Crippen LogP contribution in [-0.2, 0) is 0 Å². The summed E-state index contributed by atoms with van der Waals surface area (Å²) in [6.45, 7) is 0. The lowest BCUT2D eigenvalue weighted by molar-refractivity contribution is 1.07. The molecule has 9 aromatic carbocycles. The van der Waals surface area contributed by atoms with Crippen molar-refractivity contribution in [2.75, 3.05) is 0 Å². The number of aromatic nitrogens is 3. The van der Waals surface area contributed by atoms with Crippen molar-refractivity contribution in [3.63, 3.8) is 0 Å². The van der Waals surface area contributed by atoms with E-state index in [1.54, 1.807) is 0 Å². The first-order valence-corrected chi connectivity index (χ1v) is 18.9. The highest BCUT2D eigenvalue weighted by atomic mass is 15.0. The molecule has 3 nitrogen and oxygen atoms in total. The van der Waals surface area contributed by atoms with E-state index in [2.05, 4.69) is 200 Å². The minimum Gasteiger partial charge on any atom is -0.208 e. The minimum atomic E-state index is 0.620. The molecule has 0 N–H and O–H groups in total. The number of rotatable bonds is 7. The second-order valence-electron chi connectivity index (χ2n) is 14.0. The summed E-state index contributed by atoms with van der Waals surface area (Å²) < 4.78 is 0. The molecular formula is C53H35N3. The average molecular weight is 714 g/mol. The van der Waals surface area contributed by atoms with Crippen molar-refractivity contribution in [3.05, 3.63) is 212 Å². The topological polar surface area (TPSA) is 38.7 Å². The molecule has 0 amide bonds. The van der Waals surface area contributed by atoms with E-state index in [1.807, 2.05) is 12.1 Å². The van der Waals surface area contributed by atoms with E-state index in [4.69, 9.17) is 15.0 Å². The molecule has 0 bridgehead atoms. The molecule has 262 valence electrons. The van der Waals surface area contributed by atoms with E-state index < -0.39 is 0 Å². The largest absolute Gasteiger partial charge is 0.208 e. The van der Waals surface area contributed by atoms with E-state index in [-0.39, 0.29) is 0 Å². The van der Waals surface area contributed by atoms with Crippen LogP contribution in [0.1, 0.15) is 0 Å². The Balaban J connectivity index is 1.18. The summed E-state index contributed by atoms with van der Waals surface area (Å²) in [5, 5.41) is 4.89. The van der Waals surface area contributed by atoms with Gasteiger partial charge >= 0.3 is 0 Å². The first kappa shape index (κ1) is 33.1. The van der Waals surface area contributed by atoms with Crippen LogP contribution in [0, 0.1) is 0 Å². The summed E-state index contributed by atoms with van der Waals surface area (Å²) in [6.07, 6.45) is 0. The molecule has 10 aromatic rings. The summed E-state index contributed by atoms with van der Waals surface area (Å²) in [7, 11) is 0. The van der Waals surface area contributed by atoms with Crippen LogP contribution in [0.5, 0.6) is 0 Å². The van der Waals surface area contributed by atoms with Gasteiger partial charge in [-0.1, -0.05) is 200 Å². The fraction of sp³-hybridized carbons (Fsp3) is 0. The normalized spacial score (nSPS) is 11.2. The van der Waals surface area contributed by atoms with Crippen LogP contribution >= 0.6 is 0 Å². The van der Waals surface area contributed by atoms with Crippen LogP contribution < -0.4 is 0 Å². The van der Waals surface area contributed by atoms with Crippen LogP contribution in [0.3, 0.4) is 0 Å². The zero-order valence-corrected chi connectivity index (χ0v) is 30.5. The molecule has 0 saturated heterocycles. The molecule has 0 aliphatic heterocycles. The van der Waals surface area contributed by atoms with Gasteiger partial charge in [0.15, 0.2) is 17.5 Å². The molecule has 0 aliphatic rings. The van der Waals surface area contributed by atoms with Crippen LogP contribution in [0.2, 0.25) is 0 Å². The Morgan fingerprint density at radius 2 is 0.625 bits per heavy atom. The summed E-state index contributed by atoms with van der Waals surface area (Å²) in [5.41, 5.74) is 11.8. The van der Waals surface area contributed by atoms with Crippen molar-refractivity contribution in [2.24, 2.45) is 0 Å². The monoisotopic (exact) mass is 713 g/mol. The highest BCUT2D eigenvalue weighted by molar-refractivity contribution is 6.14. The van der Waals surface area contributed by atoms with Gasteiger partial charge in [0.1, 0.15) is 0 Å². The number of hydrogen-bond acceptors (Lipinski definition) is 3. The predicted octanol–water partition coefficient (Wildman–Crippen LogP) is 13.8. The van der Waals surface area contributed by atoms with Crippen LogP contribution in [0.25, 0.3) is 100 Å². The zero-order valence-electron chi connectivity index (χ0n) is 30.5. The fourth-order valence-electron chi connectivity index (χ4n) is 7.70. The van der Waals surface area contributed by atoms with Crippen molar-refractivity contribution in [1.82, 2.24) is 15.0 Å². The van der Waals surface area contributed by atoms with Crippen molar-refractivity contribution >= 4 is 21.5 Å². The Morgan fingerprint density at radius 1 is 0.214 bits per heavy atom. The Morgan fingerprint density at radius 3 is 1.20 bits per heavy atom. The smallest absolute Gasteiger partial charge is 0.164 e. The molecule has 0 spiro atoms. The predicted molar refractivity (Wildman–Crippen MR) is 233 cm³/mol. The maximum atomic E-state index is 5.28. The summed E-state index contributed by atoms with van der Waals surface area (Å²) in [6, 6.07) is 74.7. The molecule has 0 atom stereocenters. The minimum absolute atomic E-state index is 0.620. The van der Waals surface area contributed by atoms with Crippen molar-refractivity contribution in [3.8, 4) is 78.7 Å². The van der Waals surface area contributed by atoms with Gasteiger partial charge in [0, 0.05) is 16.7 Å². The third kappa shape index (κ3) is 6.31. The molecule has 0 saturated carbocycles. The van der Waals surface area contributed by atoms with Gasteiger partial charge in [-0.15, -0.1) is 0 Å². The highest BCUT2D eigenvalue weighted by Gasteiger charge is 2.18. The molecule has 1 heterocycles. The Hall–Kier alpha value is -7.49. The van der Waals surface area contributed by atoms with Gasteiger partial charge in [-0.3, -0.25) is 0 Å². The van der Waals surface area contributed by atoms with Gasteiger partial charge in [0.05, 0.1) is 0 Å². The van der Waals surface area contributed by atoms with E-state index in [9.17, 15) is 0 Å². The Bertz CT molecular complexity index is 2870. The average Bonchev–Trinajstić information content (AvgIpc) is 3.29. The van der Waals surface area contributed by atoms with E-state index in [0.717, 1.165) is 44.5 Å². The number of benzene rings is 9. The van der Waals surface area contributed by atoms with Crippen molar-refractivity contribution in [2.45, 2.75) is 0 Å². The lowest BCUT2D eigenvalue weighted by Gasteiger charge is -2.16. The molecule has 3 heteroatoms. The van der Waals surface area contributed by atoms with E-state index in [0.29, 0.717) is 17.5 Å². The van der Waals surface area contributed by atoms with Crippen LogP contribution in [-0.4, -0.2) is 15.0 Å². The molecule has 56 heavy (non-hydrogen) atoms.